The molecule has 6 rings (SSSR count). The highest BCUT2D eigenvalue weighted by Gasteiger charge is 2.45. The summed E-state index contributed by atoms with van der Waals surface area (Å²) in [6, 6.07) is 4.09. The van der Waals surface area contributed by atoms with E-state index in [4.69, 9.17) is 10.5 Å². The summed E-state index contributed by atoms with van der Waals surface area (Å²) in [6.45, 7) is 4.52. The van der Waals surface area contributed by atoms with Crippen LogP contribution < -0.4 is 16.4 Å². The fourth-order valence-electron chi connectivity index (χ4n) is 6.11. The van der Waals surface area contributed by atoms with Gasteiger partial charge in [-0.25, -0.2) is 4.98 Å². The van der Waals surface area contributed by atoms with Crippen LogP contribution in [0.2, 0.25) is 0 Å². The highest BCUT2D eigenvalue weighted by Crippen LogP contribution is 2.37. The molecular formula is C30H36N8O6S. The number of unbranched alkanes of at least 4 members (excludes halogenated alkanes) is 3. The number of thioether (sulfide) groups is 1. The van der Waals surface area contributed by atoms with Crippen molar-refractivity contribution in [2.75, 3.05) is 44.7 Å². The molecule has 238 valence electrons. The number of anilines is 1. The van der Waals surface area contributed by atoms with Gasteiger partial charge in [0.15, 0.2) is 0 Å². The Bertz CT molecular complexity index is 1540. The third-order valence-corrected chi connectivity index (χ3v) is 9.57. The van der Waals surface area contributed by atoms with Crippen LogP contribution in [0.15, 0.2) is 36.1 Å². The normalized spacial score (nSPS) is 22.1. The fourth-order valence-corrected chi connectivity index (χ4v) is 7.36. The van der Waals surface area contributed by atoms with Crippen LogP contribution in [0.25, 0.3) is 5.82 Å². The first-order valence-electron chi connectivity index (χ1n) is 15.2. The third-order valence-electron chi connectivity index (χ3n) is 8.42. The zero-order chi connectivity index (χ0) is 31.5. The first kappa shape index (κ1) is 30.8. The molecule has 4 aliphatic rings. The van der Waals surface area contributed by atoms with Crippen LogP contribution in [0.3, 0.4) is 0 Å². The van der Waals surface area contributed by atoms with Crippen molar-refractivity contribution in [3.05, 3.63) is 53.0 Å². The minimum atomic E-state index is -0.992. The second kappa shape index (κ2) is 13.4. The molecule has 2 fully saturated rings. The van der Waals surface area contributed by atoms with Crippen molar-refractivity contribution in [3.8, 4) is 0 Å². The summed E-state index contributed by atoms with van der Waals surface area (Å²) >= 11 is 1.73. The minimum absolute atomic E-state index is 0.0801. The first-order chi connectivity index (χ1) is 21.8. The first-order valence-corrected chi connectivity index (χ1v) is 16.1. The second-order valence-corrected chi connectivity index (χ2v) is 12.3. The van der Waals surface area contributed by atoms with Gasteiger partial charge in [-0.1, -0.05) is 30.7 Å². The molecule has 0 radical (unpaired) electrons. The standard InChI is InChI=1S/C30H36N8O6S/c31-26(40)21-16-36(18-33-21)24-17-45-30(35-12-14-44-15-13-35)37(24)11-4-2-1-3-10-32-20-7-5-6-19-25(20)29(43)38(28(19)42)22-8-9-23(39)34-27(22)41/h5-7,16-18,22,30,32H,1-4,8-15H2,(H2,31,40)(H,34,39,41)/t22-,30?/m0/s1. The number of amides is 5. The molecule has 4 N–H and O–H groups in total. The number of benzene rings is 1. The Balaban J connectivity index is 1.01. The van der Waals surface area contributed by atoms with E-state index in [9.17, 15) is 24.0 Å². The summed E-state index contributed by atoms with van der Waals surface area (Å²) in [4.78, 5) is 71.8. The number of nitrogens with two attached hydrogens (primary N) is 1. The Morgan fingerprint density at radius 1 is 1.09 bits per heavy atom. The van der Waals surface area contributed by atoms with Crippen LogP contribution in [0.5, 0.6) is 0 Å². The molecule has 45 heavy (non-hydrogen) atoms. The van der Waals surface area contributed by atoms with Crippen molar-refractivity contribution in [1.29, 1.82) is 0 Å². The van der Waals surface area contributed by atoms with E-state index < -0.39 is 35.6 Å². The Morgan fingerprint density at radius 2 is 1.89 bits per heavy atom. The van der Waals surface area contributed by atoms with Crippen molar-refractivity contribution >= 4 is 52.8 Å². The molecule has 4 aliphatic heterocycles. The zero-order valence-corrected chi connectivity index (χ0v) is 25.6. The van der Waals surface area contributed by atoms with Gasteiger partial charge in [-0.2, -0.15) is 0 Å². The summed E-state index contributed by atoms with van der Waals surface area (Å²) in [5.41, 5.74) is 6.88. The third kappa shape index (κ3) is 6.32. The van der Waals surface area contributed by atoms with E-state index in [1.807, 2.05) is 4.57 Å². The number of hydrogen-bond donors (Lipinski definition) is 3. The Hall–Kier alpha value is -4.21. The lowest BCUT2D eigenvalue weighted by Gasteiger charge is -2.38. The van der Waals surface area contributed by atoms with Gasteiger partial charge in [0.1, 0.15) is 29.4 Å². The van der Waals surface area contributed by atoms with Crippen LogP contribution in [0.1, 0.15) is 69.7 Å². The smallest absolute Gasteiger partial charge is 0.268 e. The molecule has 2 saturated heterocycles. The number of fused-ring (bicyclic) bond motifs is 1. The predicted octanol–water partition coefficient (Wildman–Crippen LogP) is 1.48. The Morgan fingerprint density at radius 3 is 2.64 bits per heavy atom. The summed E-state index contributed by atoms with van der Waals surface area (Å²) < 4.78 is 7.41. The number of morpholine rings is 1. The second-order valence-electron chi connectivity index (χ2n) is 11.3. The number of nitrogens with zero attached hydrogens (tertiary/aromatic N) is 5. The molecule has 2 atom stereocenters. The number of rotatable bonds is 12. The highest BCUT2D eigenvalue weighted by molar-refractivity contribution is 8.03. The van der Waals surface area contributed by atoms with Gasteiger partial charge in [-0.05, 0) is 31.4 Å². The van der Waals surface area contributed by atoms with Gasteiger partial charge in [-0.3, -0.25) is 43.7 Å². The van der Waals surface area contributed by atoms with Gasteiger partial charge >= 0.3 is 0 Å². The van der Waals surface area contributed by atoms with E-state index in [0.29, 0.717) is 25.4 Å². The molecule has 0 saturated carbocycles. The summed E-state index contributed by atoms with van der Waals surface area (Å²) in [5, 5.41) is 7.64. The lowest BCUT2D eigenvalue weighted by atomic mass is 10.0. The van der Waals surface area contributed by atoms with E-state index in [1.165, 1.54) is 0 Å². The van der Waals surface area contributed by atoms with Crippen LogP contribution in [-0.4, -0.2) is 105 Å². The largest absolute Gasteiger partial charge is 0.384 e. The molecular weight excluding hydrogens is 600 g/mol. The van der Waals surface area contributed by atoms with Gasteiger partial charge in [0.25, 0.3) is 17.7 Å². The van der Waals surface area contributed by atoms with Gasteiger partial charge in [0.2, 0.25) is 11.8 Å². The van der Waals surface area contributed by atoms with Crippen molar-refractivity contribution in [1.82, 2.24) is 29.6 Å². The van der Waals surface area contributed by atoms with Gasteiger partial charge < -0.3 is 20.7 Å². The number of carbonyl (C=O) groups is 5. The van der Waals surface area contributed by atoms with Crippen molar-refractivity contribution in [3.63, 3.8) is 0 Å². The number of aromatic nitrogens is 2. The van der Waals surface area contributed by atoms with E-state index in [-0.39, 0.29) is 35.2 Å². The van der Waals surface area contributed by atoms with E-state index in [0.717, 1.165) is 56.0 Å². The molecule has 0 bridgehead atoms. The fraction of sp³-hybridized carbons (Fsp3) is 0.467. The van der Waals surface area contributed by atoms with E-state index in [2.05, 4.69) is 30.8 Å². The maximum Gasteiger partial charge on any atom is 0.268 e. The predicted molar refractivity (Wildman–Crippen MR) is 166 cm³/mol. The molecule has 5 heterocycles. The quantitative estimate of drug-likeness (QED) is 0.228. The van der Waals surface area contributed by atoms with E-state index >= 15 is 0 Å². The number of carbonyl (C=O) groups excluding carboxylic acids is 5. The minimum Gasteiger partial charge on any atom is -0.384 e. The summed E-state index contributed by atoms with van der Waals surface area (Å²) in [5.74, 6) is -1.66. The summed E-state index contributed by atoms with van der Waals surface area (Å²) in [6.07, 6.45) is 7.23. The van der Waals surface area contributed by atoms with Gasteiger partial charge in [0, 0.05) is 49.9 Å². The van der Waals surface area contributed by atoms with E-state index in [1.54, 1.807) is 42.5 Å². The monoisotopic (exact) mass is 636 g/mol. The molecule has 1 aromatic heterocycles. The van der Waals surface area contributed by atoms with Crippen molar-refractivity contribution < 1.29 is 28.7 Å². The molecule has 0 spiro atoms. The molecule has 5 amide bonds. The van der Waals surface area contributed by atoms with Crippen LogP contribution >= 0.6 is 11.8 Å². The number of piperidine rings is 1. The molecule has 1 aromatic carbocycles. The molecule has 0 aliphatic carbocycles. The molecule has 1 unspecified atom stereocenters. The Labute approximate surface area is 264 Å². The lowest BCUT2D eigenvalue weighted by molar-refractivity contribution is -0.136. The molecule has 14 nitrogen and oxygen atoms in total. The van der Waals surface area contributed by atoms with Gasteiger partial charge in [0.05, 0.1) is 24.3 Å². The van der Waals surface area contributed by atoms with Crippen LogP contribution in [0.4, 0.5) is 5.69 Å². The topological polar surface area (TPSA) is 172 Å². The maximum absolute atomic E-state index is 13.3. The number of imidazole rings is 1. The number of primary amides is 1. The average Bonchev–Trinajstić information content (AvgIpc) is 3.75. The SMILES string of the molecule is NC(=O)c1cn(C2=CSC(N3CCOCC3)N2CCCCCCNc2cccc3c2C(=O)N([C@H]2CCC(=O)NC2=O)C3=O)cn1. The summed E-state index contributed by atoms with van der Waals surface area (Å²) in [7, 11) is 0. The molecule has 2 aromatic rings. The zero-order valence-electron chi connectivity index (χ0n) is 24.8. The lowest BCUT2D eigenvalue weighted by Crippen LogP contribution is -2.54. The average molecular weight is 637 g/mol. The number of hydrogen-bond acceptors (Lipinski definition) is 11. The number of ether oxygens (including phenoxy) is 1. The highest BCUT2D eigenvalue weighted by atomic mass is 32.2. The number of nitrogens with one attached hydrogen (secondary N) is 2. The van der Waals surface area contributed by atoms with Crippen molar-refractivity contribution in [2.24, 2.45) is 5.73 Å². The number of imide groups is 2. The van der Waals surface area contributed by atoms with Crippen molar-refractivity contribution in [2.45, 2.75) is 50.1 Å². The maximum atomic E-state index is 13.3. The van der Waals surface area contributed by atoms with Gasteiger partial charge in [-0.15, -0.1) is 0 Å². The van der Waals surface area contributed by atoms with Crippen LogP contribution in [0, 0.1) is 0 Å². The van der Waals surface area contributed by atoms with Crippen LogP contribution in [-0.2, 0) is 14.3 Å². The Kier molecular flexibility index (Phi) is 9.19. The molecule has 15 heteroatoms.